The summed E-state index contributed by atoms with van der Waals surface area (Å²) < 4.78 is 9.54. The van der Waals surface area contributed by atoms with E-state index in [-0.39, 0.29) is 0 Å². The third-order valence-electron chi connectivity index (χ3n) is 4.20. The molecule has 0 N–H and O–H groups in total. The Bertz CT molecular complexity index is 945. The van der Waals surface area contributed by atoms with Crippen molar-refractivity contribution in [3.8, 4) is 16.9 Å². The Labute approximate surface area is 169 Å². The van der Waals surface area contributed by atoms with Crippen LogP contribution in [0.3, 0.4) is 0 Å². The fraction of sp³-hybridized carbons (Fsp3) is 0.125. The van der Waals surface area contributed by atoms with Gasteiger partial charge in [-0.25, -0.2) is 4.79 Å². The van der Waals surface area contributed by atoms with Gasteiger partial charge in [-0.1, -0.05) is 72.8 Å². The topological polar surface area (TPSA) is 35.5 Å². The zero-order chi connectivity index (χ0) is 19.6. The van der Waals surface area contributed by atoms with Crippen molar-refractivity contribution in [2.75, 3.05) is 7.11 Å². The first kappa shape index (κ1) is 19.6. The van der Waals surface area contributed by atoms with Gasteiger partial charge in [0.15, 0.2) is 0 Å². The molecule has 0 aliphatic heterocycles. The van der Waals surface area contributed by atoms with Gasteiger partial charge in [0.05, 0.1) is 7.11 Å². The van der Waals surface area contributed by atoms with Gasteiger partial charge in [-0.15, -0.1) is 11.3 Å². The molecule has 2 aromatic carbocycles. The van der Waals surface area contributed by atoms with Crippen LogP contribution in [-0.4, -0.2) is 13.3 Å². The Morgan fingerprint density at radius 1 is 0.821 bits per heavy atom. The molecule has 3 aromatic rings. The van der Waals surface area contributed by atoms with Crippen LogP contribution >= 0.6 is 11.3 Å². The molecule has 28 heavy (non-hydrogen) atoms. The van der Waals surface area contributed by atoms with Crippen molar-refractivity contribution in [2.45, 2.75) is 12.8 Å². The van der Waals surface area contributed by atoms with Gasteiger partial charge in [-0.2, -0.15) is 0 Å². The molecule has 4 heteroatoms. The van der Waals surface area contributed by atoms with E-state index in [1.54, 1.807) is 23.5 Å². The predicted octanol–water partition coefficient (Wildman–Crippen LogP) is 6.47. The van der Waals surface area contributed by atoms with Crippen LogP contribution in [0.5, 0.6) is 5.75 Å². The van der Waals surface area contributed by atoms with Gasteiger partial charge in [-0.3, -0.25) is 0 Å². The molecule has 3 rings (SSSR count). The number of carbonyl (C=O) groups excluding carboxylic acids is 1. The molecule has 3 nitrogen and oxygen atoms in total. The number of rotatable bonds is 5. The van der Waals surface area contributed by atoms with Crippen molar-refractivity contribution < 1.29 is 14.3 Å². The molecule has 0 bridgehead atoms. The van der Waals surface area contributed by atoms with Crippen molar-refractivity contribution in [1.29, 1.82) is 0 Å². The van der Waals surface area contributed by atoms with E-state index in [0.717, 1.165) is 12.8 Å². The monoisotopic (exact) mass is 390 g/mol. The van der Waals surface area contributed by atoms with Gasteiger partial charge < -0.3 is 9.47 Å². The van der Waals surface area contributed by atoms with Crippen molar-refractivity contribution >= 4 is 17.5 Å². The zero-order valence-electron chi connectivity index (χ0n) is 15.7. The molecule has 0 atom stereocenters. The average molecular weight is 391 g/mol. The van der Waals surface area contributed by atoms with E-state index >= 15 is 0 Å². The molecule has 1 aromatic heterocycles. The lowest BCUT2D eigenvalue weighted by atomic mass is 10.0. The first-order chi connectivity index (χ1) is 13.8. The first-order valence-electron chi connectivity index (χ1n) is 9.06. The van der Waals surface area contributed by atoms with Gasteiger partial charge in [0.1, 0.15) is 5.75 Å². The van der Waals surface area contributed by atoms with Crippen LogP contribution in [0, 0.1) is 0 Å². The summed E-state index contributed by atoms with van der Waals surface area (Å²) in [5.41, 5.74) is 3.64. The minimum atomic E-state index is -0.709. The Hall–Kier alpha value is -3.11. The standard InChI is InChI=1S/C24H22O3S/c1-26-24(25)27-21-15-12-19(13-16-21)14-17-23-22(20-9-5-4-6-10-20)11-7-2-3-8-18-28-23/h2-13,15-16,18H,14,17H2,1H3. The normalized spacial score (nSPS) is 10.0. The molecule has 0 fully saturated rings. The average Bonchev–Trinajstić information content (AvgIpc) is 2.86. The highest BCUT2D eigenvalue weighted by Crippen LogP contribution is 2.26. The van der Waals surface area contributed by atoms with Gasteiger partial charge in [0, 0.05) is 4.88 Å². The first-order valence-corrected chi connectivity index (χ1v) is 9.94. The molecule has 142 valence electrons. The van der Waals surface area contributed by atoms with E-state index in [9.17, 15) is 4.79 Å². The van der Waals surface area contributed by atoms with Crippen LogP contribution in [0.25, 0.3) is 11.1 Å². The fourth-order valence-corrected chi connectivity index (χ4v) is 3.66. The third kappa shape index (κ3) is 5.69. The molecule has 0 aliphatic rings. The fourth-order valence-electron chi connectivity index (χ4n) is 2.79. The van der Waals surface area contributed by atoms with Crippen molar-refractivity contribution in [1.82, 2.24) is 0 Å². The summed E-state index contributed by atoms with van der Waals surface area (Å²) in [5, 5.41) is 2.12. The smallest absolute Gasteiger partial charge is 0.437 e. The Morgan fingerprint density at radius 2 is 1.50 bits per heavy atom. The van der Waals surface area contributed by atoms with Gasteiger partial charge in [0.2, 0.25) is 0 Å². The maximum atomic E-state index is 11.2. The third-order valence-corrected chi connectivity index (χ3v) is 5.20. The molecule has 0 unspecified atom stereocenters. The van der Waals surface area contributed by atoms with E-state index in [1.807, 2.05) is 30.3 Å². The zero-order valence-corrected chi connectivity index (χ0v) is 16.5. The number of hydrogen-bond acceptors (Lipinski definition) is 4. The van der Waals surface area contributed by atoms with Gasteiger partial charge in [-0.05, 0) is 47.0 Å². The summed E-state index contributed by atoms with van der Waals surface area (Å²) in [7, 11) is 1.29. The summed E-state index contributed by atoms with van der Waals surface area (Å²) >= 11 is 1.76. The maximum Gasteiger partial charge on any atom is 0.513 e. The van der Waals surface area contributed by atoms with E-state index in [1.165, 1.54) is 28.7 Å². The highest BCUT2D eigenvalue weighted by molar-refractivity contribution is 7.09. The van der Waals surface area contributed by atoms with Crippen LogP contribution in [-0.2, 0) is 17.6 Å². The van der Waals surface area contributed by atoms with E-state index in [4.69, 9.17) is 4.74 Å². The lowest BCUT2D eigenvalue weighted by Gasteiger charge is -2.08. The maximum absolute atomic E-state index is 11.2. The van der Waals surface area contributed by atoms with E-state index in [0.29, 0.717) is 5.75 Å². The summed E-state index contributed by atoms with van der Waals surface area (Å²) in [5.74, 6) is 0.480. The molecular weight excluding hydrogens is 368 g/mol. The summed E-state index contributed by atoms with van der Waals surface area (Å²) in [6.07, 6.45) is 1.10. The molecule has 0 radical (unpaired) electrons. The van der Waals surface area contributed by atoms with E-state index in [2.05, 4.69) is 52.6 Å². The quantitative estimate of drug-likeness (QED) is 0.370. The Balaban J connectivity index is 1.82. The van der Waals surface area contributed by atoms with Crippen molar-refractivity contribution in [2.24, 2.45) is 0 Å². The highest BCUT2D eigenvalue weighted by Gasteiger charge is 2.06. The van der Waals surface area contributed by atoms with Crippen molar-refractivity contribution in [3.05, 3.63) is 101 Å². The minimum Gasteiger partial charge on any atom is -0.437 e. The van der Waals surface area contributed by atoms with Gasteiger partial charge >= 0.3 is 6.16 Å². The van der Waals surface area contributed by atoms with Crippen LogP contribution in [0.2, 0.25) is 0 Å². The van der Waals surface area contributed by atoms with Crippen LogP contribution in [0.4, 0.5) is 4.79 Å². The minimum absolute atomic E-state index is 0.480. The molecule has 1 heterocycles. The number of methoxy groups -OCH3 is 1. The summed E-state index contributed by atoms with van der Waals surface area (Å²) in [4.78, 5) is 12.5. The Kier molecular flexibility index (Phi) is 7.21. The van der Waals surface area contributed by atoms with Crippen LogP contribution in [0.1, 0.15) is 10.4 Å². The second-order valence-corrected chi connectivity index (χ2v) is 7.09. The van der Waals surface area contributed by atoms with Crippen LogP contribution in [0.15, 0.2) is 90.3 Å². The number of ether oxygens (including phenoxy) is 2. The summed E-state index contributed by atoms with van der Waals surface area (Å²) in [6.45, 7) is 0. The lowest BCUT2D eigenvalue weighted by molar-refractivity contribution is 0.121. The Morgan fingerprint density at radius 3 is 2.25 bits per heavy atom. The number of aryl methyl sites for hydroxylation is 2. The second-order valence-electron chi connectivity index (χ2n) is 6.09. The molecule has 0 spiro atoms. The SMILES string of the molecule is COC(=O)Oc1ccc(CCc2sccccccc2-c2ccccc2)cc1. The number of carbonyl (C=O) groups is 1. The molecule has 0 amide bonds. The number of hydrogen-bond donors (Lipinski definition) is 0. The highest BCUT2D eigenvalue weighted by atomic mass is 32.1. The van der Waals surface area contributed by atoms with Gasteiger partial charge in [0.25, 0.3) is 0 Å². The molecule has 0 aliphatic carbocycles. The van der Waals surface area contributed by atoms with Crippen molar-refractivity contribution in [3.63, 3.8) is 0 Å². The second kappa shape index (κ2) is 10.3. The number of benzene rings is 2. The lowest BCUT2D eigenvalue weighted by Crippen LogP contribution is -2.07. The summed E-state index contributed by atoms with van der Waals surface area (Å²) in [6, 6.07) is 28.4. The molecule has 0 saturated heterocycles. The molecule has 0 saturated carbocycles. The molecular formula is C24H22O3S. The largest absolute Gasteiger partial charge is 0.513 e. The van der Waals surface area contributed by atoms with Crippen LogP contribution < -0.4 is 4.74 Å². The predicted molar refractivity (Wildman–Crippen MR) is 114 cm³/mol. The van der Waals surface area contributed by atoms with E-state index < -0.39 is 6.16 Å².